The lowest BCUT2D eigenvalue weighted by Gasteiger charge is -2.32. The molecule has 2 N–H and O–H groups in total. The number of thioether (sulfide) groups is 1. The number of benzene rings is 1. The van der Waals surface area contributed by atoms with Crippen LogP contribution in [0.1, 0.15) is 12.8 Å². The second-order valence-electron chi connectivity index (χ2n) is 4.11. The van der Waals surface area contributed by atoms with E-state index in [4.69, 9.17) is 0 Å². The standard InChI is InChI=1S/C12H14BrNO2S/c13-9-2-1-3-10(8-9)17-12(11(15)16)4-6-14-7-5-12/h1-3,8,14H,4-7H2,(H,15,16). The highest BCUT2D eigenvalue weighted by atomic mass is 79.9. The minimum absolute atomic E-state index is 0.666. The van der Waals surface area contributed by atoms with E-state index in [1.165, 1.54) is 11.8 Å². The Labute approximate surface area is 113 Å². The molecule has 1 aromatic carbocycles. The van der Waals surface area contributed by atoms with Crippen molar-refractivity contribution in [1.82, 2.24) is 5.32 Å². The lowest BCUT2D eigenvalue weighted by atomic mass is 9.97. The zero-order chi connectivity index (χ0) is 12.3. The van der Waals surface area contributed by atoms with Crippen LogP contribution in [0.25, 0.3) is 0 Å². The SMILES string of the molecule is O=C(O)C1(Sc2cccc(Br)c2)CCNCC1. The molecule has 1 aliphatic rings. The van der Waals surface area contributed by atoms with E-state index in [2.05, 4.69) is 21.2 Å². The van der Waals surface area contributed by atoms with Gasteiger partial charge in [0.15, 0.2) is 0 Å². The number of hydrogen-bond donors (Lipinski definition) is 2. The molecule has 1 aromatic rings. The molecule has 92 valence electrons. The lowest BCUT2D eigenvalue weighted by Crippen LogP contribution is -2.45. The Hall–Kier alpha value is -0.520. The smallest absolute Gasteiger partial charge is 0.320 e. The van der Waals surface area contributed by atoms with Crippen molar-refractivity contribution >= 4 is 33.7 Å². The van der Waals surface area contributed by atoms with Crippen LogP contribution >= 0.6 is 27.7 Å². The Morgan fingerprint density at radius 3 is 2.71 bits per heavy atom. The van der Waals surface area contributed by atoms with Gasteiger partial charge in [-0.05, 0) is 44.1 Å². The predicted molar refractivity (Wildman–Crippen MR) is 72.5 cm³/mol. The maximum atomic E-state index is 11.5. The minimum Gasteiger partial charge on any atom is -0.480 e. The second kappa shape index (κ2) is 5.42. The lowest BCUT2D eigenvalue weighted by molar-refractivity contribution is -0.140. The molecule has 2 rings (SSSR count). The van der Waals surface area contributed by atoms with Crippen LogP contribution in [0.15, 0.2) is 33.6 Å². The van der Waals surface area contributed by atoms with Gasteiger partial charge in [0.1, 0.15) is 4.75 Å². The molecule has 0 radical (unpaired) electrons. The summed E-state index contributed by atoms with van der Waals surface area (Å²) in [5.41, 5.74) is 0. The van der Waals surface area contributed by atoms with Crippen molar-refractivity contribution in [2.75, 3.05) is 13.1 Å². The van der Waals surface area contributed by atoms with Gasteiger partial charge in [0.2, 0.25) is 0 Å². The number of carbonyl (C=O) groups is 1. The Balaban J connectivity index is 2.20. The Kier molecular flexibility index (Phi) is 4.12. The number of carboxylic acids is 1. The van der Waals surface area contributed by atoms with E-state index in [9.17, 15) is 9.90 Å². The van der Waals surface area contributed by atoms with E-state index in [0.29, 0.717) is 12.8 Å². The molecule has 1 fully saturated rings. The van der Waals surface area contributed by atoms with E-state index < -0.39 is 10.7 Å². The van der Waals surface area contributed by atoms with Crippen LogP contribution in [-0.2, 0) is 4.79 Å². The van der Waals surface area contributed by atoms with Crippen LogP contribution < -0.4 is 5.32 Å². The van der Waals surface area contributed by atoms with Crippen molar-refractivity contribution in [1.29, 1.82) is 0 Å². The molecule has 0 unspecified atom stereocenters. The molecule has 0 spiro atoms. The first-order valence-electron chi connectivity index (χ1n) is 5.51. The molecular formula is C12H14BrNO2S. The molecule has 17 heavy (non-hydrogen) atoms. The third-order valence-electron chi connectivity index (χ3n) is 2.91. The number of piperidine rings is 1. The average molecular weight is 316 g/mol. The molecule has 1 aliphatic heterocycles. The summed E-state index contributed by atoms with van der Waals surface area (Å²) in [5.74, 6) is -0.705. The largest absolute Gasteiger partial charge is 0.480 e. The summed E-state index contributed by atoms with van der Waals surface area (Å²) in [6, 6.07) is 7.81. The second-order valence-corrected chi connectivity index (χ2v) is 6.48. The third-order valence-corrected chi connectivity index (χ3v) is 4.87. The number of aliphatic carboxylic acids is 1. The first-order valence-corrected chi connectivity index (χ1v) is 7.12. The van der Waals surface area contributed by atoms with Gasteiger partial charge in [0.05, 0.1) is 0 Å². The molecular weight excluding hydrogens is 302 g/mol. The fraction of sp³-hybridized carbons (Fsp3) is 0.417. The van der Waals surface area contributed by atoms with Crippen LogP contribution in [0.2, 0.25) is 0 Å². The third kappa shape index (κ3) is 3.03. The van der Waals surface area contributed by atoms with Crippen molar-refractivity contribution in [2.24, 2.45) is 0 Å². The summed E-state index contributed by atoms with van der Waals surface area (Å²) in [4.78, 5) is 12.5. The van der Waals surface area contributed by atoms with Gasteiger partial charge < -0.3 is 10.4 Å². The van der Waals surface area contributed by atoms with Gasteiger partial charge in [-0.3, -0.25) is 4.79 Å². The van der Waals surface area contributed by atoms with Crippen molar-refractivity contribution < 1.29 is 9.90 Å². The summed E-state index contributed by atoms with van der Waals surface area (Å²) in [7, 11) is 0. The molecule has 0 bridgehead atoms. The van der Waals surface area contributed by atoms with E-state index in [1.54, 1.807) is 0 Å². The molecule has 5 heteroatoms. The first kappa shape index (κ1) is 12.9. The van der Waals surface area contributed by atoms with Gasteiger partial charge in [-0.25, -0.2) is 0 Å². The highest BCUT2D eigenvalue weighted by molar-refractivity contribution is 9.10. The Morgan fingerprint density at radius 2 is 2.12 bits per heavy atom. The zero-order valence-corrected chi connectivity index (χ0v) is 11.7. The summed E-state index contributed by atoms with van der Waals surface area (Å²) in [6.07, 6.45) is 1.33. The van der Waals surface area contributed by atoms with E-state index in [-0.39, 0.29) is 0 Å². The Bertz CT molecular complexity index is 419. The number of carboxylic acid groups (broad SMARTS) is 1. The predicted octanol–water partition coefficient (Wildman–Crippen LogP) is 2.75. The average Bonchev–Trinajstić information content (AvgIpc) is 2.30. The van der Waals surface area contributed by atoms with E-state index >= 15 is 0 Å². The zero-order valence-electron chi connectivity index (χ0n) is 9.28. The highest BCUT2D eigenvalue weighted by Crippen LogP contribution is 2.40. The van der Waals surface area contributed by atoms with Crippen molar-refractivity contribution in [2.45, 2.75) is 22.5 Å². The topological polar surface area (TPSA) is 49.3 Å². The molecule has 0 aromatic heterocycles. The van der Waals surface area contributed by atoms with Gasteiger partial charge in [-0.2, -0.15) is 0 Å². The summed E-state index contributed by atoms with van der Waals surface area (Å²) < 4.78 is 0.309. The van der Waals surface area contributed by atoms with Gasteiger partial charge in [-0.1, -0.05) is 22.0 Å². The fourth-order valence-electron chi connectivity index (χ4n) is 1.95. The molecule has 0 aliphatic carbocycles. The van der Waals surface area contributed by atoms with Crippen LogP contribution in [0.3, 0.4) is 0 Å². The van der Waals surface area contributed by atoms with Gasteiger partial charge in [0, 0.05) is 9.37 Å². The van der Waals surface area contributed by atoms with Gasteiger partial charge >= 0.3 is 5.97 Å². The summed E-state index contributed by atoms with van der Waals surface area (Å²) in [6.45, 7) is 1.54. The molecule has 0 saturated carbocycles. The van der Waals surface area contributed by atoms with Crippen LogP contribution in [0.4, 0.5) is 0 Å². The van der Waals surface area contributed by atoms with Gasteiger partial charge in [0.25, 0.3) is 0 Å². The molecule has 0 atom stereocenters. The highest BCUT2D eigenvalue weighted by Gasteiger charge is 2.40. The number of halogens is 1. The van der Waals surface area contributed by atoms with Crippen molar-refractivity contribution in [3.63, 3.8) is 0 Å². The maximum absolute atomic E-state index is 11.5. The molecule has 1 heterocycles. The fourth-order valence-corrected chi connectivity index (χ4v) is 3.78. The van der Waals surface area contributed by atoms with Crippen molar-refractivity contribution in [3.8, 4) is 0 Å². The van der Waals surface area contributed by atoms with E-state index in [1.807, 2.05) is 24.3 Å². The van der Waals surface area contributed by atoms with Crippen LogP contribution in [0.5, 0.6) is 0 Å². The minimum atomic E-state index is -0.705. The maximum Gasteiger partial charge on any atom is 0.320 e. The quantitative estimate of drug-likeness (QED) is 0.900. The van der Waals surface area contributed by atoms with E-state index in [0.717, 1.165) is 22.5 Å². The monoisotopic (exact) mass is 315 g/mol. The summed E-state index contributed by atoms with van der Waals surface area (Å²) >= 11 is 4.87. The van der Waals surface area contributed by atoms with Crippen LogP contribution in [-0.4, -0.2) is 28.9 Å². The Morgan fingerprint density at radius 1 is 1.41 bits per heavy atom. The molecule has 1 saturated heterocycles. The van der Waals surface area contributed by atoms with Crippen LogP contribution in [0, 0.1) is 0 Å². The number of nitrogens with one attached hydrogen (secondary N) is 1. The molecule has 0 amide bonds. The van der Waals surface area contributed by atoms with Crippen molar-refractivity contribution in [3.05, 3.63) is 28.7 Å². The molecule has 3 nitrogen and oxygen atoms in total. The normalized spacial score (nSPS) is 18.9. The first-order chi connectivity index (χ1) is 8.12. The summed E-state index contributed by atoms with van der Waals surface area (Å²) in [5, 5.41) is 12.7. The number of rotatable bonds is 3. The number of hydrogen-bond acceptors (Lipinski definition) is 3. The van der Waals surface area contributed by atoms with Gasteiger partial charge in [-0.15, -0.1) is 11.8 Å².